The number of benzene rings is 1. The topological polar surface area (TPSA) is 58.6 Å². The average molecular weight is 363 g/mol. The van der Waals surface area contributed by atoms with Crippen LogP contribution in [0.1, 0.15) is 57.8 Å². The van der Waals surface area contributed by atoms with Crippen LogP contribution in [0.3, 0.4) is 0 Å². The third kappa shape index (κ3) is 8.00. The second-order valence-electron chi connectivity index (χ2n) is 7.09. The van der Waals surface area contributed by atoms with E-state index in [1.807, 2.05) is 25.1 Å². The Morgan fingerprint density at radius 3 is 2.23 bits per heavy atom. The molecule has 1 aromatic carbocycles. The molecule has 0 heterocycles. The Bertz CT molecular complexity index is 541. The zero-order chi connectivity index (χ0) is 19.5. The van der Waals surface area contributed by atoms with Crippen molar-refractivity contribution in [3.63, 3.8) is 0 Å². The molecule has 0 spiro atoms. The highest BCUT2D eigenvalue weighted by Gasteiger charge is 2.21. The van der Waals surface area contributed by atoms with Gasteiger partial charge in [0.1, 0.15) is 0 Å². The zero-order valence-electron chi connectivity index (χ0n) is 16.8. The average Bonchev–Trinajstić information content (AvgIpc) is 2.60. The van der Waals surface area contributed by atoms with Crippen LogP contribution in [0.25, 0.3) is 0 Å². The van der Waals surface area contributed by atoms with E-state index in [4.69, 9.17) is 4.74 Å². The zero-order valence-corrected chi connectivity index (χ0v) is 16.8. The van der Waals surface area contributed by atoms with Gasteiger partial charge in [-0.05, 0) is 50.4 Å². The van der Waals surface area contributed by atoms with Crippen LogP contribution in [0.4, 0.5) is 0 Å². The van der Waals surface area contributed by atoms with E-state index in [-0.39, 0.29) is 24.0 Å². The lowest BCUT2D eigenvalue weighted by Gasteiger charge is -2.27. The number of carbonyl (C=O) groups is 2. The van der Waals surface area contributed by atoms with Gasteiger partial charge in [0.2, 0.25) is 0 Å². The van der Waals surface area contributed by atoms with E-state index in [9.17, 15) is 9.59 Å². The van der Waals surface area contributed by atoms with Gasteiger partial charge in [0.25, 0.3) is 5.91 Å². The van der Waals surface area contributed by atoms with Gasteiger partial charge in [-0.1, -0.05) is 45.9 Å². The molecule has 0 saturated carbocycles. The van der Waals surface area contributed by atoms with Crippen molar-refractivity contribution in [3.05, 3.63) is 35.9 Å². The summed E-state index contributed by atoms with van der Waals surface area (Å²) in [6.45, 7) is 12.4. The lowest BCUT2D eigenvalue weighted by Crippen LogP contribution is -2.37. The Morgan fingerprint density at radius 2 is 1.69 bits per heavy atom. The monoisotopic (exact) mass is 362 g/mol. The van der Waals surface area contributed by atoms with E-state index in [1.165, 1.54) is 0 Å². The van der Waals surface area contributed by atoms with Crippen LogP contribution in [0.15, 0.2) is 30.3 Å². The van der Waals surface area contributed by atoms with Crippen molar-refractivity contribution < 1.29 is 14.3 Å². The second kappa shape index (κ2) is 11.7. The van der Waals surface area contributed by atoms with E-state index in [1.54, 1.807) is 12.1 Å². The van der Waals surface area contributed by atoms with Crippen molar-refractivity contribution in [2.45, 2.75) is 53.7 Å². The van der Waals surface area contributed by atoms with Crippen molar-refractivity contribution >= 4 is 11.9 Å². The highest BCUT2D eigenvalue weighted by atomic mass is 16.6. The van der Waals surface area contributed by atoms with Crippen LogP contribution < -0.4 is 5.32 Å². The van der Waals surface area contributed by atoms with Gasteiger partial charge in [-0.3, -0.25) is 14.5 Å². The Morgan fingerprint density at radius 1 is 1.08 bits per heavy atom. The summed E-state index contributed by atoms with van der Waals surface area (Å²) in [4.78, 5) is 26.7. The van der Waals surface area contributed by atoms with E-state index >= 15 is 0 Å². The summed E-state index contributed by atoms with van der Waals surface area (Å²) in [5.74, 6) is 0.203. The molecule has 0 fully saturated rings. The van der Waals surface area contributed by atoms with Crippen LogP contribution in [0, 0.1) is 11.8 Å². The summed E-state index contributed by atoms with van der Waals surface area (Å²) in [5.41, 5.74) is 0.633. The molecule has 0 saturated heterocycles. The summed E-state index contributed by atoms with van der Waals surface area (Å²) < 4.78 is 5.57. The third-order valence-corrected chi connectivity index (χ3v) is 4.48. The van der Waals surface area contributed by atoms with E-state index in [0.717, 1.165) is 19.5 Å². The molecule has 0 aliphatic carbocycles. The number of carbonyl (C=O) groups excluding carboxylic acids is 2. The van der Waals surface area contributed by atoms with E-state index in [2.05, 4.69) is 37.9 Å². The minimum Gasteiger partial charge on any atom is -0.447 e. The van der Waals surface area contributed by atoms with Crippen molar-refractivity contribution in [1.29, 1.82) is 0 Å². The molecule has 1 N–H and O–H groups in total. The summed E-state index contributed by atoms with van der Waals surface area (Å²) >= 11 is 0. The minimum atomic E-state index is -0.226. The molecule has 0 aliphatic rings. The standard InChI is InChI=1S/C21H34N2O3/c1-6-23(7-2)17(5)26-20(24)14-18(13-16(3)4)15-22-21(25)19-11-9-8-10-12-19/h8-12,16-18H,6-7,13-15H2,1-5H3,(H,22,25). The number of nitrogens with zero attached hydrogens (tertiary/aromatic N) is 1. The van der Waals surface area contributed by atoms with Gasteiger partial charge in [-0.2, -0.15) is 0 Å². The maximum absolute atomic E-state index is 12.3. The molecule has 26 heavy (non-hydrogen) atoms. The van der Waals surface area contributed by atoms with Gasteiger partial charge in [-0.25, -0.2) is 0 Å². The molecule has 2 unspecified atom stereocenters. The van der Waals surface area contributed by atoms with Gasteiger partial charge in [0.15, 0.2) is 6.23 Å². The summed E-state index contributed by atoms with van der Waals surface area (Å²) in [5, 5.41) is 2.95. The van der Waals surface area contributed by atoms with Gasteiger partial charge >= 0.3 is 5.97 Å². The third-order valence-electron chi connectivity index (χ3n) is 4.48. The molecule has 0 radical (unpaired) electrons. The molecule has 5 heteroatoms. The quantitative estimate of drug-likeness (QED) is 0.482. The molecular weight excluding hydrogens is 328 g/mol. The largest absolute Gasteiger partial charge is 0.447 e. The fourth-order valence-electron chi connectivity index (χ4n) is 3.12. The first kappa shape index (κ1) is 22.2. The van der Waals surface area contributed by atoms with Crippen LogP contribution in [0.2, 0.25) is 0 Å². The first-order chi connectivity index (χ1) is 12.4. The predicted octanol–water partition coefficient (Wildman–Crippen LogP) is 3.70. The van der Waals surface area contributed by atoms with Crippen LogP contribution in [-0.4, -0.2) is 42.6 Å². The van der Waals surface area contributed by atoms with E-state index < -0.39 is 0 Å². The molecular formula is C21H34N2O3. The fraction of sp³-hybridized carbons (Fsp3) is 0.619. The highest BCUT2D eigenvalue weighted by molar-refractivity contribution is 5.94. The Kier molecular flexibility index (Phi) is 9.96. The Balaban J connectivity index is 2.57. The number of esters is 1. The van der Waals surface area contributed by atoms with Gasteiger partial charge in [0, 0.05) is 12.1 Å². The molecule has 146 valence electrons. The normalized spacial score (nSPS) is 13.5. The Labute approximate surface area is 158 Å². The molecule has 0 bridgehead atoms. The number of ether oxygens (including phenoxy) is 1. The number of hydrogen-bond acceptors (Lipinski definition) is 4. The maximum atomic E-state index is 12.3. The number of nitrogens with one attached hydrogen (secondary N) is 1. The summed E-state index contributed by atoms with van der Waals surface area (Å²) in [6.07, 6.45) is 0.957. The van der Waals surface area contributed by atoms with Crippen molar-refractivity contribution in [2.24, 2.45) is 11.8 Å². The van der Waals surface area contributed by atoms with Gasteiger partial charge in [-0.15, -0.1) is 0 Å². The van der Waals surface area contributed by atoms with Crippen LogP contribution in [0.5, 0.6) is 0 Å². The fourth-order valence-corrected chi connectivity index (χ4v) is 3.12. The molecule has 1 aromatic rings. The molecule has 1 rings (SSSR count). The lowest BCUT2D eigenvalue weighted by molar-refractivity contribution is -0.158. The van der Waals surface area contributed by atoms with Crippen LogP contribution >= 0.6 is 0 Å². The number of rotatable bonds is 11. The summed E-state index contributed by atoms with van der Waals surface area (Å²) in [6, 6.07) is 9.13. The second-order valence-corrected chi connectivity index (χ2v) is 7.09. The van der Waals surface area contributed by atoms with Crippen molar-refractivity contribution in [3.8, 4) is 0 Å². The molecule has 0 aromatic heterocycles. The number of amides is 1. The molecule has 0 aliphatic heterocycles. The van der Waals surface area contributed by atoms with E-state index in [0.29, 0.717) is 24.4 Å². The first-order valence-electron chi connectivity index (χ1n) is 9.64. The molecule has 5 nitrogen and oxygen atoms in total. The lowest BCUT2D eigenvalue weighted by atomic mass is 9.94. The Hall–Kier alpha value is -1.88. The molecule has 1 amide bonds. The first-order valence-corrected chi connectivity index (χ1v) is 9.64. The van der Waals surface area contributed by atoms with Crippen molar-refractivity contribution in [1.82, 2.24) is 10.2 Å². The SMILES string of the molecule is CCN(CC)C(C)OC(=O)CC(CNC(=O)c1ccccc1)CC(C)C. The minimum absolute atomic E-state index is 0.0686. The maximum Gasteiger partial charge on any atom is 0.307 e. The molecule has 2 atom stereocenters. The van der Waals surface area contributed by atoms with Crippen LogP contribution in [-0.2, 0) is 9.53 Å². The summed E-state index contributed by atoms with van der Waals surface area (Å²) in [7, 11) is 0. The smallest absolute Gasteiger partial charge is 0.307 e. The predicted molar refractivity (Wildman–Crippen MR) is 105 cm³/mol. The van der Waals surface area contributed by atoms with Crippen molar-refractivity contribution in [2.75, 3.05) is 19.6 Å². The van der Waals surface area contributed by atoms with Gasteiger partial charge < -0.3 is 10.1 Å². The number of hydrogen-bond donors (Lipinski definition) is 1. The highest BCUT2D eigenvalue weighted by Crippen LogP contribution is 2.17. The van der Waals surface area contributed by atoms with Gasteiger partial charge in [0.05, 0.1) is 6.42 Å².